The van der Waals surface area contributed by atoms with E-state index < -0.39 is 6.04 Å². The maximum atomic E-state index is 13.8. The molecule has 2 atom stereocenters. The Bertz CT molecular complexity index is 1190. The lowest BCUT2D eigenvalue weighted by atomic mass is 10.0. The second-order valence-electron chi connectivity index (χ2n) is 9.09. The van der Waals surface area contributed by atoms with Crippen LogP contribution in [0.3, 0.4) is 0 Å². The summed E-state index contributed by atoms with van der Waals surface area (Å²) < 4.78 is 5.39. The van der Waals surface area contributed by atoms with E-state index in [0.29, 0.717) is 28.0 Å². The monoisotopic (exact) mass is 572 g/mol. The number of methoxy groups -OCH3 is 1. The average molecular weight is 574 g/mol. The van der Waals surface area contributed by atoms with Crippen LogP contribution in [-0.4, -0.2) is 41.7 Å². The average Bonchev–Trinajstić information content (AvgIpc) is 2.92. The number of carbonyl (C=O) groups excluding carboxylic acids is 2. The van der Waals surface area contributed by atoms with Crippen LogP contribution in [0.25, 0.3) is 0 Å². The van der Waals surface area contributed by atoms with Crippen LogP contribution in [0.1, 0.15) is 37.0 Å². The second kappa shape index (κ2) is 15.1. The van der Waals surface area contributed by atoms with Gasteiger partial charge in [-0.05, 0) is 54.3 Å². The van der Waals surface area contributed by atoms with Gasteiger partial charge in [0.05, 0.1) is 12.9 Å². The molecule has 0 aliphatic rings. The number of amides is 2. The Hall–Kier alpha value is -2.67. The Morgan fingerprint density at radius 3 is 2.29 bits per heavy atom. The van der Waals surface area contributed by atoms with Crippen molar-refractivity contribution in [3.63, 3.8) is 0 Å². The summed E-state index contributed by atoms with van der Waals surface area (Å²) in [6.07, 6.45) is 1.20. The maximum absolute atomic E-state index is 13.8. The third kappa shape index (κ3) is 8.69. The molecule has 0 aliphatic heterocycles. The van der Waals surface area contributed by atoms with Crippen LogP contribution in [0.4, 0.5) is 0 Å². The van der Waals surface area contributed by atoms with Gasteiger partial charge in [0.2, 0.25) is 11.8 Å². The SMILES string of the molecule is CCC(C)NC(=O)C(Cc1ccccc1)N(Cc1cccc(OC)c1)C(=O)CSCc1c(Cl)cccc1Cl. The molecule has 0 aromatic heterocycles. The van der Waals surface area contributed by atoms with Gasteiger partial charge in [-0.25, -0.2) is 0 Å². The van der Waals surface area contributed by atoms with Gasteiger partial charge < -0.3 is 15.0 Å². The van der Waals surface area contributed by atoms with Crippen molar-refractivity contribution >= 4 is 46.8 Å². The highest BCUT2D eigenvalue weighted by Gasteiger charge is 2.31. The highest BCUT2D eigenvalue weighted by atomic mass is 35.5. The third-order valence-electron chi connectivity index (χ3n) is 6.29. The summed E-state index contributed by atoms with van der Waals surface area (Å²) in [5, 5.41) is 4.23. The molecule has 0 saturated heterocycles. The van der Waals surface area contributed by atoms with Crippen molar-refractivity contribution < 1.29 is 14.3 Å². The van der Waals surface area contributed by atoms with E-state index in [1.54, 1.807) is 30.2 Å². The fourth-order valence-electron chi connectivity index (χ4n) is 3.96. The minimum Gasteiger partial charge on any atom is -0.497 e. The zero-order chi connectivity index (χ0) is 27.5. The molecule has 8 heteroatoms. The van der Waals surface area contributed by atoms with Gasteiger partial charge in [-0.15, -0.1) is 11.8 Å². The van der Waals surface area contributed by atoms with Crippen molar-refractivity contribution in [2.75, 3.05) is 12.9 Å². The normalized spacial score (nSPS) is 12.4. The summed E-state index contributed by atoms with van der Waals surface area (Å²) in [6, 6.07) is 22.0. The van der Waals surface area contributed by atoms with Crippen molar-refractivity contribution in [1.82, 2.24) is 10.2 Å². The lowest BCUT2D eigenvalue weighted by Gasteiger charge is -2.32. The first-order valence-electron chi connectivity index (χ1n) is 12.6. The zero-order valence-corrected chi connectivity index (χ0v) is 24.3. The molecule has 0 heterocycles. The molecule has 0 spiro atoms. The number of nitrogens with zero attached hydrogens (tertiary/aromatic N) is 1. The smallest absolute Gasteiger partial charge is 0.243 e. The van der Waals surface area contributed by atoms with Crippen LogP contribution in [0, 0.1) is 0 Å². The van der Waals surface area contributed by atoms with Gasteiger partial charge in [0, 0.05) is 34.8 Å². The molecule has 2 unspecified atom stereocenters. The first kappa shape index (κ1) is 29.9. The number of hydrogen-bond donors (Lipinski definition) is 1. The number of ether oxygens (including phenoxy) is 1. The molecule has 3 rings (SSSR count). The van der Waals surface area contributed by atoms with E-state index in [-0.39, 0.29) is 30.2 Å². The highest BCUT2D eigenvalue weighted by molar-refractivity contribution is 7.99. The fraction of sp³-hybridized carbons (Fsp3) is 0.333. The Morgan fingerprint density at radius 1 is 0.974 bits per heavy atom. The summed E-state index contributed by atoms with van der Waals surface area (Å²) in [7, 11) is 1.61. The summed E-state index contributed by atoms with van der Waals surface area (Å²) in [5.41, 5.74) is 2.66. The van der Waals surface area contributed by atoms with E-state index in [4.69, 9.17) is 27.9 Å². The second-order valence-corrected chi connectivity index (χ2v) is 10.9. The number of rotatable bonds is 13. The van der Waals surface area contributed by atoms with Crippen LogP contribution < -0.4 is 10.1 Å². The fourth-order valence-corrected chi connectivity index (χ4v) is 5.60. The Morgan fingerprint density at radius 2 is 1.63 bits per heavy atom. The lowest BCUT2D eigenvalue weighted by molar-refractivity contribution is -0.139. The summed E-state index contributed by atoms with van der Waals surface area (Å²) >= 11 is 14.1. The molecule has 5 nitrogen and oxygen atoms in total. The summed E-state index contributed by atoms with van der Waals surface area (Å²) in [5.74, 6) is 1.05. The van der Waals surface area contributed by atoms with Gasteiger partial charge >= 0.3 is 0 Å². The maximum Gasteiger partial charge on any atom is 0.243 e. The number of thioether (sulfide) groups is 1. The molecule has 0 saturated carbocycles. The molecule has 0 fully saturated rings. The van der Waals surface area contributed by atoms with E-state index in [9.17, 15) is 9.59 Å². The van der Waals surface area contributed by atoms with Crippen LogP contribution in [-0.2, 0) is 28.3 Å². The first-order chi connectivity index (χ1) is 18.3. The van der Waals surface area contributed by atoms with E-state index in [1.807, 2.05) is 68.4 Å². The third-order valence-corrected chi connectivity index (χ3v) is 7.94. The topological polar surface area (TPSA) is 58.6 Å². The van der Waals surface area contributed by atoms with Gasteiger partial charge in [-0.2, -0.15) is 0 Å². The highest BCUT2D eigenvalue weighted by Crippen LogP contribution is 2.29. The minimum absolute atomic E-state index is 0.00807. The minimum atomic E-state index is -0.686. The van der Waals surface area contributed by atoms with E-state index >= 15 is 0 Å². The molecule has 0 bridgehead atoms. The van der Waals surface area contributed by atoms with Crippen LogP contribution in [0.5, 0.6) is 5.75 Å². The van der Waals surface area contributed by atoms with Crippen molar-refractivity contribution in [3.8, 4) is 5.75 Å². The number of benzene rings is 3. The van der Waals surface area contributed by atoms with Crippen molar-refractivity contribution in [2.24, 2.45) is 0 Å². The van der Waals surface area contributed by atoms with Gasteiger partial charge in [0.15, 0.2) is 0 Å². The molecule has 3 aromatic rings. The summed E-state index contributed by atoms with van der Waals surface area (Å²) in [6.45, 7) is 4.26. The number of carbonyl (C=O) groups is 2. The Balaban J connectivity index is 1.89. The van der Waals surface area contributed by atoms with E-state index in [1.165, 1.54) is 11.8 Å². The lowest BCUT2D eigenvalue weighted by Crippen LogP contribution is -2.52. The Labute approximate surface area is 239 Å². The molecule has 38 heavy (non-hydrogen) atoms. The number of hydrogen-bond acceptors (Lipinski definition) is 4. The van der Waals surface area contributed by atoms with Crippen molar-refractivity contribution in [2.45, 2.75) is 51.1 Å². The molecular weight excluding hydrogens is 539 g/mol. The molecule has 0 radical (unpaired) electrons. The standard InChI is InChI=1S/C30H34Cl2N2O3S/c1-4-21(2)33-30(36)28(17-22-10-6-5-7-11-22)34(18-23-12-8-13-24(16-23)37-3)29(35)20-38-19-25-26(31)14-9-15-27(25)32/h5-16,21,28H,4,17-20H2,1-3H3,(H,33,36). The molecular formula is C30H34Cl2N2O3S. The van der Waals surface area contributed by atoms with Gasteiger partial charge in [0.1, 0.15) is 11.8 Å². The largest absolute Gasteiger partial charge is 0.497 e. The number of halogens is 2. The van der Waals surface area contributed by atoms with E-state index in [2.05, 4.69) is 5.32 Å². The predicted octanol–water partition coefficient (Wildman–Crippen LogP) is 6.79. The molecule has 0 aliphatic carbocycles. The first-order valence-corrected chi connectivity index (χ1v) is 14.5. The van der Waals surface area contributed by atoms with Crippen molar-refractivity contribution in [1.29, 1.82) is 0 Å². The quantitative estimate of drug-likeness (QED) is 0.245. The molecule has 1 N–H and O–H groups in total. The molecule has 3 aromatic carbocycles. The predicted molar refractivity (Wildman–Crippen MR) is 158 cm³/mol. The zero-order valence-electron chi connectivity index (χ0n) is 22.0. The van der Waals surface area contributed by atoms with Crippen LogP contribution >= 0.6 is 35.0 Å². The van der Waals surface area contributed by atoms with E-state index in [0.717, 1.165) is 23.1 Å². The van der Waals surface area contributed by atoms with Gasteiger partial charge in [-0.3, -0.25) is 9.59 Å². The van der Waals surface area contributed by atoms with Crippen molar-refractivity contribution in [3.05, 3.63) is 99.5 Å². The molecule has 2 amide bonds. The van der Waals surface area contributed by atoms with Gasteiger partial charge in [0.25, 0.3) is 0 Å². The summed E-state index contributed by atoms with van der Waals surface area (Å²) in [4.78, 5) is 29.1. The Kier molecular flexibility index (Phi) is 11.8. The molecule has 202 valence electrons. The van der Waals surface area contributed by atoms with Gasteiger partial charge in [-0.1, -0.05) is 78.7 Å². The van der Waals surface area contributed by atoms with Crippen LogP contribution in [0.2, 0.25) is 10.0 Å². The van der Waals surface area contributed by atoms with Crippen LogP contribution in [0.15, 0.2) is 72.8 Å². The number of nitrogens with one attached hydrogen (secondary N) is 1.